The first-order valence-corrected chi connectivity index (χ1v) is 7.71. The van der Waals surface area contributed by atoms with E-state index < -0.39 is 0 Å². The Bertz CT molecular complexity index is 571. The highest BCUT2D eigenvalue weighted by molar-refractivity contribution is 5.82. The summed E-state index contributed by atoms with van der Waals surface area (Å²) in [4.78, 5) is 0. The van der Waals surface area contributed by atoms with Crippen molar-refractivity contribution in [1.29, 1.82) is 0 Å². The van der Waals surface area contributed by atoms with Crippen LogP contribution in [0.25, 0.3) is 11.0 Å². The van der Waals surface area contributed by atoms with Crippen LogP contribution in [0.3, 0.4) is 0 Å². The van der Waals surface area contributed by atoms with Gasteiger partial charge in [-0.3, -0.25) is 0 Å². The maximum Gasteiger partial charge on any atom is 0.134 e. The van der Waals surface area contributed by atoms with E-state index >= 15 is 0 Å². The van der Waals surface area contributed by atoms with E-state index in [9.17, 15) is 0 Å². The van der Waals surface area contributed by atoms with E-state index in [2.05, 4.69) is 17.4 Å². The first kappa shape index (κ1) is 13.7. The second kappa shape index (κ2) is 5.98. The van der Waals surface area contributed by atoms with E-state index in [0.29, 0.717) is 6.54 Å². The van der Waals surface area contributed by atoms with Crippen LogP contribution in [0, 0.1) is 12.8 Å². The monoisotopic (exact) mass is 272 g/mol. The first-order chi connectivity index (χ1) is 9.79. The molecule has 108 valence electrons. The predicted molar refractivity (Wildman–Crippen MR) is 82.7 cm³/mol. The number of para-hydroxylation sites is 1. The molecule has 1 atom stereocenters. The second-order valence-electron chi connectivity index (χ2n) is 5.90. The van der Waals surface area contributed by atoms with Crippen LogP contribution in [0.2, 0.25) is 0 Å². The normalized spacial score (nSPS) is 17.3. The highest BCUT2D eigenvalue weighted by atomic mass is 16.3. The number of hydrogen-bond donors (Lipinski definition) is 2. The molecule has 1 heterocycles. The number of hydrogen-bond acceptors (Lipinski definition) is 3. The van der Waals surface area contributed by atoms with Crippen molar-refractivity contribution in [2.24, 2.45) is 11.7 Å². The fraction of sp³-hybridized carbons (Fsp3) is 0.529. The number of benzene rings is 1. The molecule has 0 bridgehead atoms. The Labute approximate surface area is 120 Å². The van der Waals surface area contributed by atoms with Crippen molar-refractivity contribution in [3.63, 3.8) is 0 Å². The summed E-state index contributed by atoms with van der Waals surface area (Å²) in [6, 6.07) is 8.41. The van der Waals surface area contributed by atoms with E-state index in [1.807, 2.05) is 19.1 Å². The molecule has 0 radical (unpaired) electrons. The summed E-state index contributed by atoms with van der Waals surface area (Å²) in [6.45, 7) is 3.69. The highest BCUT2D eigenvalue weighted by Gasteiger charge is 2.21. The second-order valence-corrected chi connectivity index (χ2v) is 5.90. The van der Waals surface area contributed by atoms with Gasteiger partial charge in [-0.05, 0) is 31.9 Å². The lowest BCUT2D eigenvalue weighted by atomic mass is 9.83. The van der Waals surface area contributed by atoms with Crippen molar-refractivity contribution >= 4 is 11.0 Å². The van der Waals surface area contributed by atoms with Crippen LogP contribution in [0.1, 0.15) is 43.0 Å². The van der Waals surface area contributed by atoms with E-state index in [4.69, 9.17) is 10.2 Å². The van der Waals surface area contributed by atoms with Gasteiger partial charge in [-0.1, -0.05) is 37.5 Å². The molecule has 3 heteroatoms. The molecular weight excluding hydrogens is 248 g/mol. The zero-order valence-electron chi connectivity index (χ0n) is 12.2. The summed E-state index contributed by atoms with van der Waals surface area (Å²) >= 11 is 0. The summed E-state index contributed by atoms with van der Waals surface area (Å²) in [5, 5.41) is 4.81. The molecule has 0 spiro atoms. The largest absolute Gasteiger partial charge is 0.461 e. The van der Waals surface area contributed by atoms with Gasteiger partial charge in [0.05, 0.1) is 0 Å². The van der Waals surface area contributed by atoms with Gasteiger partial charge in [0.1, 0.15) is 11.3 Å². The van der Waals surface area contributed by atoms with Gasteiger partial charge in [0, 0.05) is 23.5 Å². The lowest BCUT2D eigenvalue weighted by Crippen LogP contribution is -2.31. The molecule has 3 nitrogen and oxygen atoms in total. The Kier molecular flexibility index (Phi) is 4.08. The van der Waals surface area contributed by atoms with Gasteiger partial charge >= 0.3 is 0 Å². The lowest BCUT2D eigenvalue weighted by molar-refractivity contribution is 0.287. The maximum absolute atomic E-state index is 5.98. The minimum atomic E-state index is 0.193. The number of rotatable bonds is 6. The number of nitrogens with two attached hydrogens (primary N) is 1. The Morgan fingerprint density at radius 2 is 2.15 bits per heavy atom. The van der Waals surface area contributed by atoms with Crippen molar-refractivity contribution < 1.29 is 4.42 Å². The number of nitrogens with one attached hydrogen (secondary N) is 1. The van der Waals surface area contributed by atoms with Crippen LogP contribution in [0.4, 0.5) is 0 Å². The van der Waals surface area contributed by atoms with Gasteiger partial charge < -0.3 is 15.5 Å². The predicted octanol–water partition coefficient (Wildman–Crippen LogP) is 3.52. The topological polar surface area (TPSA) is 51.2 Å². The van der Waals surface area contributed by atoms with Gasteiger partial charge in [0.15, 0.2) is 0 Å². The van der Waals surface area contributed by atoms with Crippen LogP contribution in [-0.2, 0) is 0 Å². The number of furan rings is 1. The van der Waals surface area contributed by atoms with E-state index in [1.165, 1.54) is 36.6 Å². The maximum atomic E-state index is 5.98. The highest BCUT2D eigenvalue weighted by Crippen LogP contribution is 2.31. The van der Waals surface area contributed by atoms with Crippen molar-refractivity contribution in [3.05, 3.63) is 35.6 Å². The zero-order chi connectivity index (χ0) is 13.9. The van der Waals surface area contributed by atoms with Crippen molar-refractivity contribution in [2.45, 2.75) is 38.6 Å². The van der Waals surface area contributed by atoms with Crippen LogP contribution >= 0.6 is 0 Å². The zero-order valence-corrected chi connectivity index (χ0v) is 12.2. The minimum absolute atomic E-state index is 0.193. The molecule has 1 aromatic carbocycles. The molecule has 1 aromatic heterocycles. The molecule has 3 rings (SSSR count). The van der Waals surface area contributed by atoms with Gasteiger partial charge in [-0.25, -0.2) is 0 Å². The fourth-order valence-corrected chi connectivity index (χ4v) is 3.17. The van der Waals surface area contributed by atoms with Crippen LogP contribution in [0.15, 0.2) is 28.7 Å². The van der Waals surface area contributed by atoms with Crippen molar-refractivity contribution in [1.82, 2.24) is 5.32 Å². The molecule has 0 amide bonds. The summed E-state index contributed by atoms with van der Waals surface area (Å²) in [7, 11) is 0. The van der Waals surface area contributed by atoms with Gasteiger partial charge in [-0.2, -0.15) is 0 Å². The molecule has 0 saturated heterocycles. The Morgan fingerprint density at radius 3 is 2.85 bits per heavy atom. The van der Waals surface area contributed by atoms with E-state index in [0.717, 1.165) is 23.8 Å². The number of aryl methyl sites for hydroxylation is 1. The SMILES string of the molecule is Cc1oc2ccccc2c1C(CN)NCCC1CCC1. The van der Waals surface area contributed by atoms with Crippen LogP contribution < -0.4 is 11.1 Å². The Balaban J connectivity index is 1.74. The molecule has 20 heavy (non-hydrogen) atoms. The van der Waals surface area contributed by atoms with E-state index in [1.54, 1.807) is 0 Å². The third kappa shape index (κ3) is 2.60. The standard InChI is InChI=1S/C17H24N2O/c1-12-17(14-7-2-3-8-16(14)20-12)15(11-18)19-10-9-13-5-4-6-13/h2-3,7-8,13,15,19H,4-6,9-11,18H2,1H3. The molecular formula is C17H24N2O. The summed E-state index contributed by atoms with van der Waals surface area (Å²) in [6.07, 6.45) is 5.49. The summed E-state index contributed by atoms with van der Waals surface area (Å²) < 4.78 is 5.85. The molecule has 1 fully saturated rings. The summed E-state index contributed by atoms with van der Waals surface area (Å²) in [5.74, 6) is 1.92. The van der Waals surface area contributed by atoms with Gasteiger partial charge in [0.2, 0.25) is 0 Å². The molecule has 1 saturated carbocycles. The first-order valence-electron chi connectivity index (χ1n) is 7.71. The van der Waals surface area contributed by atoms with Crippen LogP contribution in [0.5, 0.6) is 0 Å². The Morgan fingerprint density at radius 1 is 1.35 bits per heavy atom. The average molecular weight is 272 g/mol. The molecule has 3 N–H and O–H groups in total. The van der Waals surface area contributed by atoms with Gasteiger partial charge in [0.25, 0.3) is 0 Å². The molecule has 1 aliphatic rings. The number of fused-ring (bicyclic) bond motifs is 1. The van der Waals surface area contributed by atoms with Crippen molar-refractivity contribution in [3.8, 4) is 0 Å². The Hall–Kier alpha value is -1.32. The molecule has 2 aromatic rings. The molecule has 1 unspecified atom stereocenters. The molecule has 0 aliphatic heterocycles. The van der Waals surface area contributed by atoms with Gasteiger partial charge in [-0.15, -0.1) is 0 Å². The third-order valence-electron chi connectivity index (χ3n) is 4.57. The van der Waals surface area contributed by atoms with E-state index in [-0.39, 0.29) is 6.04 Å². The molecule has 1 aliphatic carbocycles. The lowest BCUT2D eigenvalue weighted by Gasteiger charge is -2.26. The summed E-state index contributed by atoms with van der Waals surface area (Å²) in [5.41, 5.74) is 8.17. The minimum Gasteiger partial charge on any atom is -0.461 e. The smallest absolute Gasteiger partial charge is 0.134 e. The van der Waals surface area contributed by atoms with Crippen molar-refractivity contribution in [2.75, 3.05) is 13.1 Å². The van der Waals surface area contributed by atoms with Crippen LogP contribution in [-0.4, -0.2) is 13.1 Å². The fourth-order valence-electron chi connectivity index (χ4n) is 3.17. The average Bonchev–Trinajstić information content (AvgIpc) is 2.73. The quantitative estimate of drug-likeness (QED) is 0.846. The third-order valence-corrected chi connectivity index (χ3v) is 4.57.